The summed E-state index contributed by atoms with van der Waals surface area (Å²) in [6.45, 7) is 2.73. The molecule has 102 valence electrons. The van der Waals surface area contributed by atoms with E-state index in [0.717, 1.165) is 16.9 Å². The van der Waals surface area contributed by atoms with Crippen molar-refractivity contribution in [2.45, 2.75) is 25.8 Å². The van der Waals surface area contributed by atoms with Gasteiger partial charge >= 0.3 is 0 Å². The molecular weight excluding hydrogens is 258 g/mol. The maximum atomic E-state index is 11.6. The van der Waals surface area contributed by atoms with E-state index in [1.54, 1.807) is 11.3 Å². The molecule has 0 aliphatic rings. The fraction of sp³-hybridized carbons (Fsp3) is 0.429. The number of fused-ring (bicyclic) bond motifs is 1. The lowest BCUT2D eigenvalue weighted by Gasteiger charge is -2.12. The van der Waals surface area contributed by atoms with Crippen molar-refractivity contribution in [2.75, 3.05) is 13.6 Å². The zero-order valence-corrected chi connectivity index (χ0v) is 12.1. The van der Waals surface area contributed by atoms with Crippen LogP contribution in [0.5, 0.6) is 0 Å². The zero-order valence-electron chi connectivity index (χ0n) is 11.3. The number of amides is 1. The van der Waals surface area contributed by atoms with Crippen molar-refractivity contribution in [1.29, 1.82) is 0 Å². The first-order valence-electron chi connectivity index (χ1n) is 6.47. The van der Waals surface area contributed by atoms with Gasteiger partial charge in [0.25, 0.3) is 0 Å². The Morgan fingerprint density at radius 1 is 1.42 bits per heavy atom. The Balaban J connectivity index is 1.91. The van der Waals surface area contributed by atoms with Crippen LogP contribution >= 0.6 is 11.3 Å². The van der Waals surface area contributed by atoms with Gasteiger partial charge in [-0.1, -0.05) is 12.1 Å². The molecule has 0 saturated carbocycles. The Morgan fingerprint density at radius 2 is 2.21 bits per heavy atom. The average molecular weight is 277 g/mol. The van der Waals surface area contributed by atoms with Crippen LogP contribution in [-0.4, -0.2) is 30.5 Å². The minimum absolute atomic E-state index is 0.0861. The van der Waals surface area contributed by atoms with Gasteiger partial charge in [-0.2, -0.15) is 0 Å². The van der Waals surface area contributed by atoms with E-state index in [4.69, 9.17) is 0 Å². The van der Waals surface area contributed by atoms with Gasteiger partial charge in [0.1, 0.15) is 0 Å². The molecule has 0 fully saturated rings. The lowest BCUT2D eigenvalue weighted by molar-refractivity contribution is -0.121. The predicted octanol–water partition coefficient (Wildman–Crippen LogP) is 1.95. The van der Waals surface area contributed by atoms with Crippen molar-refractivity contribution in [1.82, 2.24) is 15.6 Å². The monoisotopic (exact) mass is 277 g/mol. The molecule has 4 nitrogen and oxygen atoms in total. The highest BCUT2D eigenvalue weighted by Crippen LogP contribution is 2.22. The molecule has 5 heteroatoms. The lowest BCUT2D eigenvalue weighted by Crippen LogP contribution is -2.35. The summed E-state index contributed by atoms with van der Waals surface area (Å²) in [6.07, 6.45) is 1.30. The molecule has 1 aromatic carbocycles. The van der Waals surface area contributed by atoms with E-state index < -0.39 is 0 Å². The van der Waals surface area contributed by atoms with E-state index in [0.29, 0.717) is 13.0 Å². The maximum absolute atomic E-state index is 11.6. The molecule has 0 bridgehead atoms. The third-order valence-corrected chi connectivity index (χ3v) is 3.89. The van der Waals surface area contributed by atoms with Gasteiger partial charge < -0.3 is 10.6 Å². The number of carbonyl (C=O) groups is 1. The second-order valence-corrected chi connectivity index (χ2v) is 5.72. The van der Waals surface area contributed by atoms with Crippen molar-refractivity contribution >= 4 is 27.5 Å². The van der Waals surface area contributed by atoms with Crippen LogP contribution < -0.4 is 10.6 Å². The third-order valence-electron chi connectivity index (χ3n) is 2.83. The predicted molar refractivity (Wildman–Crippen MR) is 79.5 cm³/mol. The summed E-state index contributed by atoms with van der Waals surface area (Å²) in [5.74, 6) is 0.0861. The zero-order chi connectivity index (χ0) is 13.7. The fourth-order valence-electron chi connectivity index (χ4n) is 1.91. The number of hydrogen-bond donors (Lipinski definition) is 2. The topological polar surface area (TPSA) is 54.0 Å². The Bertz CT molecular complexity index is 519. The summed E-state index contributed by atoms with van der Waals surface area (Å²) in [4.78, 5) is 16.2. The molecule has 0 saturated heterocycles. The first-order chi connectivity index (χ1) is 9.19. The number of nitrogens with one attached hydrogen (secondary N) is 2. The highest BCUT2D eigenvalue weighted by Gasteiger charge is 2.10. The first-order valence-corrected chi connectivity index (χ1v) is 7.29. The highest BCUT2D eigenvalue weighted by atomic mass is 32.1. The summed E-state index contributed by atoms with van der Waals surface area (Å²) >= 11 is 1.70. The number of thiazole rings is 1. The number of para-hydroxylation sites is 1. The normalized spacial score (nSPS) is 12.5. The minimum Gasteiger partial charge on any atom is -0.353 e. The van der Waals surface area contributed by atoms with Crippen molar-refractivity contribution in [2.24, 2.45) is 0 Å². The number of nitrogens with zero attached hydrogens (tertiary/aromatic N) is 1. The smallest absolute Gasteiger partial charge is 0.221 e. The number of aromatic nitrogens is 1. The minimum atomic E-state index is 0.0861. The van der Waals surface area contributed by atoms with Crippen LogP contribution in [0.1, 0.15) is 18.4 Å². The molecule has 1 unspecified atom stereocenters. The molecule has 2 rings (SSSR count). The molecule has 19 heavy (non-hydrogen) atoms. The Labute approximate surface area is 117 Å². The van der Waals surface area contributed by atoms with Gasteiger partial charge in [-0.3, -0.25) is 4.79 Å². The second kappa shape index (κ2) is 6.63. The Hall–Kier alpha value is -1.46. The van der Waals surface area contributed by atoms with Gasteiger partial charge in [-0.15, -0.1) is 11.3 Å². The van der Waals surface area contributed by atoms with Gasteiger partial charge in [0.05, 0.1) is 15.2 Å². The van der Waals surface area contributed by atoms with Crippen LogP contribution in [0.3, 0.4) is 0 Å². The van der Waals surface area contributed by atoms with E-state index in [2.05, 4.69) is 21.7 Å². The largest absolute Gasteiger partial charge is 0.353 e. The van der Waals surface area contributed by atoms with Gasteiger partial charge in [-0.25, -0.2) is 4.98 Å². The van der Waals surface area contributed by atoms with Crippen molar-refractivity contribution < 1.29 is 4.79 Å². The number of hydrogen-bond acceptors (Lipinski definition) is 4. The van der Waals surface area contributed by atoms with Gasteiger partial charge in [0, 0.05) is 25.4 Å². The summed E-state index contributed by atoms with van der Waals surface area (Å²) in [6, 6.07) is 8.23. The van der Waals surface area contributed by atoms with Gasteiger partial charge in [-0.05, 0) is 26.1 Å². The van der Waals surface area contributed by atoms with E-state index in [1.807, 2.05) is 32.2 Å². The van der Waals surface area contributed by atoms with Crippen molar-refractivity contribution in [3.8, 4) is 0 Å². The molecule has 2 N–H and O–H groups in total. The van der Waals surface area contributed by atoms with E-state index in [1.165, 1.54) is 4.70 Å². The van der Waals surface area contributed by atoms with Crippen LogP contribution in [0.25, 0.3) is 10.2 Å². The second-order valence-electron chi connectivity index (χ2n) is 4.60. The molecule has 2 aromatic rings. The number of benzene rings is 1. The maximum Gasteiger partial charge on any atom is 0.221 e. The van der Waals surface area contributed by atoms with Crippen LogP contribution in [0.4, 0.5) is 0 Å². The molecule has 1 atom stereocenters. The van der Waals surface area contributed by atoms with Crippen LogP contribution in [0.15, 0.2) is 24.3 Å². The van der Waals surface area contributed by atoms with E-state index in [9.17, 15) is 4.79 Å². The molecule has 0 radical (unpaired) electrons. The molecule has 0 aliphatic heterocycles. The summed E-state index contributed by atoms with van der Waals surface area (Å²) in [5, 5.41) is 7.04. The van der Waals surface area contributed by atoms with Gasteiger partial charge in [0.2, 0.25) is 5.91 Å². The lowest BCUT2D eigenvalue weighted by atomic mass is 10.2. The molecular formula is C14H19N3OS. The molecule has 0 aliphatic carbocycles. The van der Waals surface area contributed by atoms with Gasteiger partial charge in [0.15, 0.2) is 0 Å². The quantitative estimate of drug-likeness (QED) is 0.848. The Morgan fingerprint density at radius 3 is 2.95 bits per heavy atom. The average Bonchev–Trinajstić information content (AvgIpc) is 2.78. The van der Waals surface area contributed by atoms with E-state index in [-0.39, 0.29) is 11.9 Å². The molecule has 1 amide bonds. The van der Waals surface area contributed by atoms with Crippen molar-refractivity contribution in [3.05, 3.63) is 29.3 Å². The Kier molecular flexibility index (Phi) is 4.87. The highest BCUT2D eigenvalue weighted by molar-refractivity contribution is 7.18. The van der Waals surface area contributed by atoms with Crippen molar-refractivity contribution in [3.63, 3.8) is 0 Å². The number of rotatable bonds is 6. The molecule has 0 spiro atoms. The van der Waals surface area contributed by atoms with Crippen LogP contribution in [0.2, 0.25) is 0 Å². The third kappa shape index (κ3) is 4.01. The summed E-state index contributed by atoms with van der Waals surface area (Å²) < 4.78 is 1.20. The van der Waals surface area contributed by atoms with Crippen LogP contribution in [-0.2, 0) is 11.2 Å². The molecule has 1 heterocycles. The number of carbonyl (C=O) groups excluding carboxylic acids is 1. The standard InChI is InChI=1S/C14H19N3OS/c1-10(16-13(18)7-8-15-2)9-14-17-11-5-3-4-6-12(11)19-14/h3-6,10,15H,7-9H2,1-2H3,(H,16,18). The van der Waals surface area contributed by atoms with Crippen LogP contribution in [0, 0.1) is 0 Å². The SMILES string of the molecule is CNCCC(=O)NC(C)Cc1nc2ccccc2s1. The summed E-state index contributed by atoms with van der Waals surface area (Å²) in [5.41, 5.74) is 1.04. The fourth-order valence-corrected chi connectivity index (χ4v) is 3.00. The van der Waals surface area contributed by atoms with E-state index >= 15 is 0 Å². The first kappa shape index (κ1) is 14.0. The molecule has 1 aromatic heterocycles. The summed E-state index contributed by atoms with van der Waals surface area (Å²) in [7, 11) is 1.85.